The first-order valence-corrected chi connectivity index (χ1v) is 6.99. The first-order valence-electron chi connectivity index (χ1n) is 6.19. The quantitative estimate of drug-likeness (QED) is 0.930. The highest BCUT2D eigenvalue weighted by Gasteiger charge is 2.24. The minimum atomic E-state index is -0.0163. The van der Waals surface area contributed by atoms with E-state index in [0.717, 1.165) is 36.0 Å². The smallest absolute Gasteiger partial charge is 0.0697 e. The Morgan fingerprint density at radius 1 is 1.65 bits per heavy atom. The molecule has 2 atom stereocenters. The lowest BCUT2D eigenvalue weighted by Gasteiger charge is -2.20. The second-order valence-corrected chi connectivity index (χ2v) is 5.75. The Labute approximate surface area is 111 Å². The number of nitrogens with zero attached hydrogens (tertiary/aromatic N) is 2. The number of halogens is 1. The fourth-order valence-corrected chi connectivity index (χ4v) is 2.90. The van der Waals surface area contributed by atoms with Crippen molar-refractivity contribution in [3.8, 4) is 0 Å². The highest BCUT2D eigenvalue weighted by molar-refractivity contribution is 9.10. The van der Waals surface area contributed by atoms with Crippen molar-refractivity contribution in [1.82, 2.24) is 9.78 Å². The summed E-state index contributed by atoms with van der Waals surface area (Å²) in [5, 5.41) is 4.36. The van der Waals surface area contributed by atoms with Crippen LogP contribution in [0.4, 0.5) is 0 Å². The van der Waals surface area contributed by atoms with E-state index < -0.39 is 0 Å². The molecule has 5 heteroatoms. The van der Waals surface area contributed by atoms with Crippen molar-refractivity contribution in [2.75, 3.05) is 6.61 Å². The van der Waals surface area contributed by atoms with E-state index in [-0.39, 0.29) is 6.04 Å². The summed E-state index contributed by atoms with van der Waals surface area (Å²) < 4.78 is 8.62. The molecule has 2 heterocycles. The molecule has 0 aromatic carbocycles. The van der Waals surface area contributed by atoms with Gasteiger partial charge in [-0.3, -0.25) is 4.68 Å². The second kappa shape index (κ2) is 5.50. The van der Waals surface area contributed by atoms with Crippen LogP contribution in [-0.2, 0) is 4.74 Å². The summed E-state index contributed by atoms with van der Waals surface area (Å²) in [6.45, 7) is 5.10. The van der Waals surface area contributed by atoms with Gasteiger partial charge < -0.3 is 10.5 Å². The van der Waals surface area contributed by atoms with Gasteiger partial charge in [0.1, 0.15) is 0 Å². The number of rotatable bonds is 4. The lowest BCUT2D eigenvalue weighted by Crippen LogP contribution is -2.22. The molecule has 0 spiro atoms. The molecule has 96 valence electrons. The van der Waals surface area contributed by atoms with Crippen LogP contribution in [0.5, 0.6) is 0 Å². The zero-order valence-electron chi connectivity index (χ0n) is 10.4. The van der Waals surface area contributed by atoms with Gasteiger partial charge in [-0.05, 0) is 49.0 Å². The van der Waals surface area contributed by atoms with E-state index in [0.29, 0.717) is 12.1 Å². The summed E-state index contributed by atoms with van der Waals surface area (Å²) >= 11 is 3.53. The zero-order valence-corrected chi connectivity index (χ0v) is 12.0. The lowest BCUT2D eigenvalue weighted by molar-refractivity contribution is 0.0974. The van der Waals surface area contributed by atoms with Gasteiger partial charge in [-0.2, -0.15) is 5.10 Å². The maximum absolute atomic E-state index is 6.29. The SMILES string of the molecule is CC(C)n1ncc(Br)c1C(N)CC1CCCO1. The van der Waals surface area contributed by atoms with E-state index in [9.17, 15) is 0 Å². The summed E-state index contributed by atoms with van der Waals surface area (Å²) in [5.41, 5.74) is 7.37. The highest BCUT2D eigenvalue weighted by Crippen LogP contribution is 2.29. The van der Waals surface area contributed by atoms with Gasteiger partial charge in [0.15, 0.2) is 0 Å². The van der Waals surface area contributed by atoms with Crippen LogP contribution >= 0.6 is 15.9 Å². The normalized spacial score (nSPS) is 22.3. The largest absolute Gasteiger partial charge is 0.378 e. The fourth-order valence-electron chi connectivity index (χ4n) is 2.33. The summed E-state index contributed by atoms with van der Waals surface area (Å²) in [5.74, 6) is 0. The van der Waals surface area contributed by atoms with Crippen LogP contribution in [0, 0.1) is 0 Å². The molecule has 0 aliphatic carbocycles. The van der Waals surface area contributed by atoms with Crippen molar-refractivity contribution in [3.63, 3.8) is 0 Å². The second-order valence-electron chi connectivity index (χ2n) is 4.89. The Balaban J connectivity index is 2.11. The van der Waals surface area contributed by atoms with Crippen LogP contribution < -0.4 is 5.73 Å². The molecule has 0 bridgehead atoms. The maximum atomic E-state index is 6.29. The third-order valence-corrected chi connectivity index (χ3v) is 3.78. The Morgan fingerprint density at radius 2 is 2.41 bits per heavy atom. The molecule has 1 aliphatic heterocycles. The van der Waals surface area contributed by atoms with E-state index in [4.69, 9.17) is 10.5 Å². The van der Waals surface area contributed by atoms with E-state index >= 15 is 0 Å². The van der Waals surface area contributed by atoms with Gasteiger partial charge in [0.05, 0.1) is 28.5 Å². The highest BCUT2D eigenvalue weighted by atomic mass is 79.9. The molecule has 0 saturated carbocycles. The third kappa shape index (κ3) is 2.89. The monoisotopic (exact) mass is 301 g/mol. The summed E-state index contributed by atoms with van der Waals surface area (Å²) in [6.07, 6.45) is 5.29. The summed E-state index contributed by atoms with van der Waals surface area (Å²) in [4.78, 5) is 0. The van der Waals surface area contributed by atoms with E-state index in [2.05, 4.69) is 34.9 Å². The number of aromatic nitrogens is 2. The molecule has 17 heavy (non-hydrogen) atoms. The van der Waals surface area contributed by atoms with Crippen molar-refractivity contribution < 1.29 is 4.74 Å². The number of hydrogen-bond donors (Lipinski definition) is 1. The number of ether oxygens (including phenoxy) is 1. The molecule has 1 aliphatic rings. The molecule has 1 aromatic rings. The summed E-state index contributed by atoms with van der Waals surface area (Å²) in [6, 6.07) is 0.309. The van der Waals surface area contributed by atoms with Crippen LogP contribution in [0.25, 0.3) is 0 Å². The minimum Gasteiger partial charge on any atom is -0.378 e. The Morgan fingerprint density at radius 3 is 3.00 bits per heavy atom. The van der Waals surface area contributed by atoms with Gasteiger partial charge in [-0.15, -0.1) is 0 Å². The van der Waals surface area contributed by atoms with Crippen molar-refractivity contribution in [1.29, 1.82) is 0 Å². The van der Waals surface area contributed by atoms with Gasteiger partial charge in [0.25, 0.3) is 0 Å². The van der Waals surface area contributed by atoms with Crippen molar-refractivity contribution in [2.24, 2.45) is 5.73 Å². The minimum absolute atomic E-state index is 0.0163. The van der Waals surface area contributed by atoms with Crippen LogP contribution in [0.15, 0.2) is 10.7 Å². The van der Waals surface area contributed by atoms with Gasteiger partial charge in [0.2, 0.25) is 0 Å². The van der Waals surface area contributed by atoms with Crippen LogP contribution in [0.2, 0.25) is 0 Å². The van der Waals surface area contributed by atoms with E-state index in [1.54, 1.807) is 0 Å². The van der Waals surface area contributed by atoms with E-state index in [1.165, 1.54) is 0 Å². The van der Waals surface area contributed by atoms with E-state index in [1.807, 2.05) is 10.9 Å². The van der Waals surface area contributed by atoms with Gasteiger partial charge in [-0.25, -0.2) is 0 Å². The first kappa shape index (κ1) is 13.1. The molecule has 1 aromatic heterocycles. The van der Waals surface area contributed by atoms with Crippen LogP contribution in [-0.4, -0.2) is 22.5 Å². The van der Waals surface area contributed by atoms with Crippen molar-refractivity contribution in [3.05, 3.63) is 16.4 Å². The lowest BCUT2D eigenvalue weighted by atomic mass is 10.0. The average Bonchev–Trinajstić information content (AvgIpc) is 2.86. The predicted molar refractivity (Wildman–Crippen MR) is 70.8 cm³/mol. The molecular formula is C12H20BrN3O. The van der Waals surface area contributed by atoms with Crippen LogP contribution in [0.1, 0.15) is 50.9 Å². The summed E-state index contributed by atoms with van der Waals surface area (Å²) in [7, 11) is 0. The molecule has 2 rings (SSSR count). The zero-order chi connectivity index (χ0) is 12.4. The Bertz CT molecular complexity index is 372. The molecule has 4 nitrogen and oxygen atoms in total. The Hall–Kier alpha value is -0.390. The molecule has 2 N–H and O–H groups in total. The Kier molecular flexibility index (Phi) is 4.22. The molecule has 2 unspecified atom stereocenters. The molecule has 0 amide bonds. The fraction of sp³-hybridized carbons (Fsp3) is 0.750. The number of nitrogens with two attached hydrogens (primary N) is 1. The van der Waals surface area contributed by atoms with Crippen molar-refractivity contribution >= 4 is 15.9 Å². The maximum Gasteiger partial charge on any atom is 0.0697 e. The van der Waals surface area contributed by atoms with Crippen molar-refractivity contribution in [2.45, 2.75) is 51.3 Å². The third-order valence-electron chi connectivity index (χ3n) is 3.17. The molecule has 0 radical (unpaired) electrons. The molecule has 1 fully saturated rings. The van der Waals surface area contributed by atoms with Crippen LogP contribution in [0.3, 0.4) is 0 Å². The number of hydrogen-bond acceptors (Lipinski definition) is 3. The van der Waals surface area contributed by atoms with Gasteiger partial charge in [-0.1, -0.05) is 0 Å². The molecular weight excluding hydrogens is 282 g/mol. The topological polar surface area (TPSA) is 53.1 Å². The van der Waals surface area contributed by atoms with Gasteiger partial charge >= 0.3 is 0 Å². The molecule has 1 saturated heterocycles. The predicted octanol–water partition coefficient (Wildman–Crippen LogP) is 2.80. The standard InChI is InChI=1S/C12H20BrN3O/c1-8(2)16-12(10(13)7-15-16)11(14)6-9-4-3-5-17-9/h7-9,11H,3-6,14H2,1-2H3. The van der Waals surface area contributed by atoms with Gasteiger partial charge in [0, 0.05) is 12.6 Å². The first-order chi connectivity index (χ1) is 8.09. The average molecular weight is 302 g/mol.